The Morgan fingerprint density at radius 2 is 2.20 bits per heavy atom. The number of ether oxygens (including phenoxy) is 1. The summed E-state index contributed by atoms with van der Waals surface area (Å²) < 4.78 is 5.57. The Morgan fingerprint density at radius 3 is 2.80 bits per heavy atom. The molecule has 5 heteroatoms. The first kappa shape index (κ1) is 17.0. The number of Topliss-reactive ketones (excluding diaryl/α,β-unsaturated/α-hetero) is 1. The molecule has 0 unspecified atom stereocenters. The molecule has 112 valence electrons. The van der Waals surface area contributed by atoms with E-state index in [4.69, 9.17) is 16.3 Å². The molecule has 0 amide bonds. The first-order valence-corrected chi connectivity index (χ1v) is 6.99. The third-order valence-corrected chi connectivity index (χ3v) is 3.32. The number of ketones is 1. The number of benzene rings is 1. The van der Waals surface area contributed by atoms with Gasteiger partial charge >= 0.3 is 0 Å². The summed E-state index contributed by atoms with van der Waals surface area (Å²) in [5.41, 5.74) is -1.29. The normalized spacial score (nSPS) is 14.1. The zero-order valence-electron chi connectivity index (χ0n) is 12.2. The lowest BCUT2D eigenvalue weighted by atomic mass is 10.0. The molecule has 1 rings (SSSR count). The predicted octanol–water partition coefficient (Wildman–Crippen LogP) is 2.38. The minimum absolute atomic E-state index is 0.223. The van der Waals surface area contributed by atoms with E-state index in [1.54, 1.807) is 12.1 Å². The zero-order valence-corrected chi connectivity index (χ0v) is 13.0. The third-order valence-electron chi connectivity index (χ3n) is 3.09. The number of hydrogen-bond donors (Lipinski definition) is 1. The number of aliphatic hydroxyl groups is 1. The molecule has 1 atom stereocenters. The van der Waals surface area contributed by atoms with E-state index in [1.165, 1.54) is 13.8 Å². The third kappa shape index (κ3) is 5.90. The Bertz CT molecular complexity index is 448. The van der Waals surface area contributed by atoms with Crippen molar-refractivity contribution in [3.8, 4) is 5.75 Å². The molecular weight excluding hydrogens is 278 g/mol. The molecule has 4 nitrogen and oxygen atoms in total. The van der Waals surface area contributed by atoms with Crippen LogP contribution < -0.4 is 4.74 Å². The Kier molecular flexibility index (Phi) is 6.46. The highest BCUT2D eigenvalue weighted by Crippen LogP contribution is 2.17. The van der Waals surface area contributed by atoms with Gasteiger partial charge < -0.3 is 14.7 Å². The maximum atomic E-state index is 11.2. The molecule has 0 aliphatic heterocycles. The summed E-state index contributed by atoms with van der Waals surface area (Å²) in [7, 11) is 1.87. The molecule has 20 heavy (non-hydrogen) atoms. The van der Waals surface area contributed by atoms with Crippen LogP contribution in [0.2, 0.25) is 5.02 Å². The summed E-state index contributed by atoms with van der Waals surface area (Å²) >= 11 is 5.86. The van der Waals surface area contributed by atoms with Crippen molar-refractivity contribution in [1.82, 2.24) is 4.90 Å². The van der Waals surface area contributed by atoms with Gasteiger partial charge in [0, 0.05) is 18.1 Å². The minimum atomic E-state index is -1.29. The summed E-state index contributed by atoms with van der Waals surface area (Å²) in [6.07, 6.45) is 0.803. The molecule has 0 fully saturated rings. The van der Waals surface area contributed by atoms with Crippen molar-refractivity contribution in [3.05, 3.63) is 29.3 Å². The quantitative estimate of drug-likeness (QED) is 0.749. The second-order valence-corrected chi connectivity index (χ2v) is 5.66. The van der Waals surface area contributed by atoms with E-state index in [1.807, 2.05) is 24.1 Å². The molecule has 0 aromatic heterocycles. The highest BCUT2D eigenvalue weighted by Gasteiger charge is 2.27. The average Bonchev–Trinajstić information content (AvgIpc) is 2.34. The molecular formula is C15H22ClNO3. The fourth-order valence-electron chi connectivity index (χ4n) is 1.80. The van der Waals surface area contributed by atoms with Crippen molar-refractivity contribution < 1.29 is 14.6 Å². The molecule has 0 heterocycles. The smallest absolute Gasteiger partial charge is 0.162 e. The van der Waals surface area contributed by atoms with Gasteiger partial charge in [-0.25, -0.2) is 0 Å². The van der Waals surface area contributed by atoms with Crippen LogP contribution in [-0.4, -0.2) is 48.1 Å². The molecule has 0 aliphatic rings. The van der Waals surface area contributed by atoms with E-state index < -0.39 is 5.60 Å². The monoisotopic (exact) mass is 299 g/mol. The van der Waals surface area contributed by atoms with Gasteiger partial charge in [-0.1, -0.05) is 17.7 Å². The molecule has 1 aromatic rings. The topological polar surface area (TPSA) is 49.8 Å². The molecule has 0 bridgehead atoms. The summed E-state index contributed by atoms with van der Waals surface area (Å²) in [4.78, 5) is 13.2. The van der Waals surface area contributed by atoms with Gasteiger partial charge in [-0.2, -0.15) is 0 Å². The summed E-state index contributed by atoms with van der Waals surface area (Å²) in [5, 5.41) is 10.5. The Morgan fingerprint density at radius 1 is 1.50 bits per heavy atom. The standard InChI is InChI=1S/C15H22ClNO3/c1-12(18)15(2,19)11-17(3)8-5-9-20-14-7-4-6-13(16)10-14/h4,6-7,10,19H,5,8-9,11H2,1-3H3/t15-/m0/s1. The predicted molar refractivity (Wildman–Crippen MR) is 80.4 cm³/mol. The Hall–Kier alpha value is -1.10. The molecule has 0 aliphatic carbocycles. The van der Waals surface area contributed by atoms with Gasteiger partial charge in [0.05, 0.1) is 6.61 Å². The minimum Gasteiger partial charge on any atom is -0.493 e. The van der Waals surface area contributed by atoms with Crippen LogP contribution in [0, 0.1) is 0 Å². The van der Waals surface area contributed by atoms with Gasteiger partial charge in [0.1, 0.15) is 11.4 Å². The largest absolute Gasteiger partial charge is 0.493 e. The van der Waals surface area contributed by atoms with Gasteiger partial charge in [0.15, 0.2) is 5.78 Å². The first-order valence-electron chi connectivity index (χ1n) is 6.61. The maximum absolute atomic E-state index is 11.2. The van der Waals surface area contributed by atoms with Crippen molar-refractivity contribution in [3.63, 3.8) is 0 Å². The fraction of sp³-hybridized carbons (Fsp3) is 0.533. The number of halogens is 1. The van der Waals surface area contributed by atoms with E-state index in [0.717, 1.165) is 18.7 Å². The zero-order chi connectivity index (χ0) is 15.2. The van der Waals surface area contributed by atoms with Crippen LogP contribution in [0.3, 0.4) is 0 Å². The Labute approximate surface area is 125 Å². The SMILES string of the molecule is CC(=O)[C@@](C)(O)CN(C)CCCOc1cccc(Cl)c1. The highest BCUT2D eigenvalue weighted by molar-refractivity contribution is 6.30. The number of hydrogen-bond acceptors (Lipinski definition) is 4. The van der Waals surface area contributed by atoms with E-state index in [-0.39, 0.29) is 5.78 Å². The van der Waals surface area contributed by atoms with Crippen LogP contribution >= 0.6 is 11.6 Å². The summed E-state index contributed by atoms with van der Waals surface area (Å²) in [5.74, 6) is 0.524. The first-order chi connectivity index (χ1) is 9.31. The van der Waals surface area contributed by atoms with Gasteiger partial charge in [-0.3, -0.25) is 4.79 Å². The van der Waals surface area contributed by atoms with E-state index in [2.05, 4.69) is 0 Å². The van der Waals surface area contributed by atoms with Crippen LogP contribution in [0.25, 0.3) is 0 Å². The molecule has 0 saturated carbocycles. The summed E-state index contributed by atoms with van der Waals surface area (Å²) in [6, 6.07) is 7.27. The van der Waals surface area contributed by atoms with Gasteiger partial charge in [0.2, 0.25) is 0 Å². The van der Waals surface area contributed by atoms with Crippen molar-refractivity contribution >= 4 is 17.4 Å². The second-order valence-electron chi connectivity index (χ2n) is 5.23. The van der Waals surface area contributed by atoms with E-state index in [9.17, 15) is 9.90 Å². The number of carbonyl (C=O) groups is 1. The van der Waals surface area contributed by atoms with Crippen molar-refractivity contribution in [2.45, 2.75) is 25.9 Å². The van der Waals surface area contributed by atoms with Crippen LogP contribution in [0.4, 0.5) is 0 Å². The van der Waals surface area contributed by atoms with Crippen molar-refractivity contribution in [1.29, 1.82) is 0 Å². The molecule has 0 saturated heterocycles. The lowest BCUT2D eigenvalue weighted by molar-refractivity contribution is -0.134. The van der Waals surface area contributed by atoms with Crippen LogP contribution in [0.1, 0.15) is 20.3 Å². The molecule has 1 N–H and O–H groups in total. The van der Waals surface area contributed by atoms with Gasteiger partial charge in [-0.15, -0.1) is 0 Å². The fourth-order valence-corrected chi connectivity index (χ4v) is 1.98. The average molecular weight is 300 g/mol. The molecule has 0 radical (unpaired) electrons. The molecule has 1 aromatic carbocycles. The number of likely N-dealkylation sites (N-methyl/N-ethyl adjacent to an activating group) is 1. The number of nitrogens with zero attached hydrogens (tertiary/aromatic N) is 1. The second kappa shape index (κ2) is 7.62. The highest BCUT2D eigenvalue weighted by atomic mass is 35.5. The maximum Gasteiger partial charge on any atom is 0.162 e. The van der Waals surface area contributed by atoms with Gasteiger partial charge in [-0.05, 0) is 45.5 Å². The van der Waals surface area contributed by atoms with E-state index in [0.29, 0.717) is 18.2 Å². The van der Waals surface area contributed by atoms with Crippen molar-refractivity contribution in [2.24, 2.45) is 0 Å². The van der Waals surface area contributed by atoms with Crippen LogP contribution in [0.15, 0.2) is 24.3 Å². The van der Waals surface area contributed by atoms with Crippen molar-refractivity contribution in [2.75, 3.05) is 26.7 Å². The van der Waals surface area contributed by atoms with Crippen LogP contribution in [-0.2, 0) is 4.79 Å². The summed E-state index contributed by atoms with van der Waals surface area (Å²) in [6.45, 7) is 4.56. The lowest BCUT2D eigenvalue weighted by Crippen LogP contribution is -2.44. The molecule has 0 spiro atoms. The van der Waals surface area contributed by atoms with E-state index >= 15 is 0 Å². The number of rotatable bonds is 8. The lowest BCUT2D eigenvalue weighted by Gasteiger charge is -2.26. The Balaban J connectivity index is 2.26. The van der Waals surface area contributed by atoms with Gasteiger partial charge in [0.25, 0.3) is 0 Å². The number of carbonyl (C=O) groups excluding carboxylic acids is 1. The van der Waals surface area contributed by atoms with Crippen LogP contribution in [0.5, 0.6) is 5.75 Å².